The fraction of sp³-hybridized carbons (Fsp3) is 0.433. The molecule has 2 aromatic carbocycles. The molecule has 2 fully saturated rings. The van der Waals surface area contributed by atoms with Gasteiger partial charge in [0.1, 0.15) is 17.8 Å². The molecule has 0 saturated carbocycles. The van der Waals surface area contributed by atoms with Gasteiger partial charge in [0.05, 0.1) is 0 Å². The van der Waals surface area contributed by atoms with Gasteiger partial charge in [-0.15, -0.1) is 0 Å². The van der Waals surface area contributed by atoms with Crippen molar-refractivity contribution in [1.29, 1.82) is 0 Å². The summed E-state index contributed by atoms with van der Waals surface area (Å²) in [4.78, 5) is 20.1. The normalized spacial score (nSPS) is 19.0. The number of benzene rings is 2. The van der Waals surface area contributed by atoms with Crippen molar-refractivity contribution in [3.05, 3.63) is 83.9 Å². The van der Waals surface area contributed by atoms with Crippen LogP contribution in [0.3, 0.4) is 0 Å². The maximum atomic E-state index is 13.0. The van der Waals surface area contributed by atoms with Gasteiger partial charge in [-0.3, -0.25) is 4.79 Å². The van der Waals surface area contributed by atoms with Crippen molar-refractivity contribution in [1.82, 2.24) is 20.0 Å². The van der Waals surface area contributed by atoms with E-state index in [4.69, 9.17) is 4.74 Å². The van der Waals surface area contributed by atoms with Crippen LogP contribution in [0.5, 0.6) is 5.75 Å². The van der Waals surface area contributed by atoms with Crippen LogP contribution < -0.4 is 5.32 Å². The van der Waals surface area contributed by atoms with E-state index in [9.17, 15) is 9.90 Å². The summed E-state index contributed by atoms with van der Waals surface area (Å²) >= 11 is 0. The summed E-state index contributed by atoms with van der Waals surface area (Å²) in [5.41, 5.74) is 2.88. The van der Waals surface area contributed by atoms with Gasteiger partial charge >= 0.3 is 0 Å². The Kier molecular flexibility index (Phi) is 8.43. The van der Waals surface area contributed by atoms with Crippen LogP contribution in [0.4, 0.5) is 0 Å². The Bertz CT molecular complexity index is 1120. The molecule has 7 nitrogen and oxygen atoms in total. The van der Waals surface area contributed by atoms with Crippen molar-refractivity contribution in [3.63, 3.8) is 0 Å². The van der Waals surface area contributed by atoms with Crippen LogP contribution in [-0.4, -0.2) is 78.1 Å². The second kappa shape index (κ2) is 12.3. The molecule has 1 amide bonds. The Labute approximate surface area is 220 Å². The number of nitrogens with zero attached hydrogens (tertiary/aromatic N) is 3. The number of phenolic OH excluding ortho intramolecular Hbond substituents is 1. The molecule has 0 aliphatic carbocycles. The zero-order valence-electron chi connectivity index (χ0n) is 21.5. The lowest BCUT2D eigenvalue weighted by Gasteiger charge is -2.34. The predicted molar refractivity (Wildman–Crippen MR) is 146 cm³/mol. The molecule has 3 aliphatic rings. The van der Waals surface area contributed by atoms with E-state index < -0.39 is 0 Å². The number of amides is 1. The van der Waals surface area contributed by atoms with E-state index in [1.165, 1.54) is 18.4 Å². The Balaban J connectivity index is 1.10. The first-order valence-corrected chi connectivity index (χ1v) is 13.6. The molecule has 0 bridgehead atoms. The lowest BCUT2D eigenvalue weighted by Crippen LogP contribution is -2.38. The zero-order valence-corrected chi connectivity index (χ0v) is 21.5. The standard InChI is InChI=1S/C30H38N4O3/c35-26-7-5-6-25(22-26)29-23-34(20-21-37-29)19-18-33-15-10-24(11-16-33)27-8-1-2-9-28(27)30(36)31-12-17-32-13-3-4-14-32/h1-2,5-9,20-24,35H,3-4,10-19H2,(H,31,36). The number of hydrogen-bond acceptors (Lipinski definition) is 6. The van der Waals surface area contributed by atoms with Crippen LogP contribution in [0.25, 0.3) is 5.76 Å². The van der Waals surface area contributed by atoms with Gasteiger partial charge in [0.2, 0.25) is 0 Å². The van der Waals surface area contributed by atoms with Crippen LogP contribution in [-0.2, 0) is 4.74 Å². The van der Waals surface area contributed by atoms with Gasteiger partial charge in [0, 0.05) is 49.7 Å². The third-order valence-corrected chi connectivity index (χ3v) is 7.68. The predicted octanol–water partition coefficient (Wildman–Crippen LogP) is 4.20. The van der Waals surface area contributed by atoms with Crippen molar-refractivity contribution in [2.75, 3.05) is 52.4 Å². The Morgan fingerprint density at radius 2 is 1.73 bits per heavy atom. The van der Waals surface area contributed by atoms with E-state index in [1.807, 2.05) is 36.7 Å². The monoisotopic (exact) mass is 502 g/mol. The highest BCUT2D eigenvalue weighted by molar-refractivity contribution is 5.95. The summed E-state index contributed by atoms with van der Waals surface area (Å²) in [5.74, 6) is 1.43. The zero-order chi connectivity index (χ0) is 25.5. The minimum atomic E-state index is 0.0608. The number of likely N-dealkylation sites (tertiary alicyclic amines) is 2. The average Bonchev–Trinajstić information content (AvgIpc) is 3.46. The van der Waals surface area contributed by atoms with Gasteiger partial charge in [-0.25, -0.2) is 0 Å². The van der Waals surface area contributed by atoms with Crippen LogP contribution in [0.1, 0.15) is 53.1 Å². The van der Waals surface area contributed by atoms with E-state index in [0.29, 0.717) is 12.5 Å². The van der Waals surface area contributed by atoms with Gasteiger partial charge in [0.25, 0.3) is 5.91 Å². The number of carbonyl (C=O) groups excluding carboxylic acids is 1. The molecule has 2 aromatic rings. The van der Waals surface area contributed by atoms with Gasteiger partial charge in [-0.1, -0.05) is 30.3 Å². The van der Waals surface area contributed by atoms with E-state index in [1.54, 1.807) is 18.4 Å². The number of carbonyl (C=O) groups is 1. The van der Waals surface area contributed by atoms with Crippen molar-refractivity contribution in [3.8, 4) is 5.75 Å². The molecule has 0 radical (unpaired) electrons. The molecule has 37 heavy (non-hydrogen) atoms. The van der Waals surface area contributed by atoms with Gasteiger partial charge in [-0.2, -0.15) is 0 Å². The number of phenols is 1. The van der Waals surface area contributed by atoms with Crippen LogP contribution in [0.15, 0.2) is 67.2 Å². The first-order valence-electron chi connectivity index (χ1n) is 13.6. The first kappa shape index (κ1) is 25.4. The summed E-state index contributed by atoms with van der Waals surface area (Å²) < 4.78 is 5.66. The smallest absolute Gasteiger partial charge is 0.251 e. The summed E-state index contributed by atoms with van der Waals surface area (Å²) in [7, 11) is 0. The fourth-order valence-electron chi connectivity index (χ4n) is 5.56. The number of hydrogen-bond donors (Lipinski definition) is 2. The maximum absolute atomic E-state index is 13.0. The molecule has 3 aliphatic heterocycles. The van der Waals surface area contributed by atoms with Gasteiger partial charge in [-0.05, 0) is 81.5 Å². The minimum absolute atomic E-state index is 0.0608. The Morgan fingerprint density at radius 3 is 2.54 bits per heavy atom. The second-order valence-electron chi connectivity index (χ2n) is 10.2. The molecule has 3 heterocycles. The van der Waals surface area contributed by atoms with E-state index >= 15 is 0 Å². The topological polar surface area (TPSA) is 68.3 Å². The molecule has 5 rings (SSSR count). The van der Waals surface area contributed by atoms with Crippen molar-refractivity contribution in [2.24, 2.45) is 0 Å². The van der Waals surface area contributed by atoms with Gasteiger partial charge < -0.3 is 29.9 Å². The number of nitrogens with one attached hydrogen (secondary N) is 1. The summed E-state index contributed by atoms with van der Waals surface area (Å²) in [5, 5.41) is 12.9. The van der Waals surface area contributed by atoms with E-state index in [2.05, 4.69) is 32.1 Å². The number of ether oxygens (including phenoxy) is 1. The van der Waals surface area contributed by atoms with E-state index in [0.717, 1.165) is 75.5 Å². The molecule has 0 atom stereocenters. The highest BCUT2D eigenvalue weighted by Gasteiger charge is 2.24. The van der Waals surface area contributed by atoms with E-state index in [-0.39, 0.29) is 11.7 Å². The maximum Gasteiger partial charge on any atom is 0.251 e. The largest absolute Gasteiger partial charge is 0.508 e. The molecule has 2 saturated heterocycles. The van der Waals surface area contributed by atoms with Crippen LogP contribution in [0, 0.1) is 0 Å². The summed E-state index contributed by atoms with van der Waals surface area (Å²) in [6.07, 6.45) is 10.3. The Morgan fingerprint density at radius 1 is 0.946 bits per heavy atom. The molecule has 0 aromatic heterocycles. The highest BCUT2D eigenvalue weighted by atomic mass is 16.5. The van der Waals surface area contributed by atoms with Crippen molar-refractivity contribution >= 4 is 11.7 Å². The summed E-state index contributed by atoms with van der Waals surface area (Å²) in [6, 6.07) is 15.3. The Hall–Kier alpha value is -3.29. The minimum Gasteiger partial charge on any atom is -0.508 e. The quantitative estimate of drug-likeness (QED) is 0.536. The molecule has 196 valence electrons. The number of aromatic hydroxyl groups is 1. The lowest BCUT2D eigenvalue weighted by atomic mass is 9.86. The summed E-state index contributed by atoms with van der Waals surface area (Å²) in [6.45, 7) is 7.82. The van der Waals surface area contributed by atoms with Crippen molar-refractivity contribution < 1.29 is 14.6 Å². The van der Waals surface area contributed by atoms with Crippen LogP contribution in [0.2, 0.25) is 0 Å². The molecular weight excluding hydrogens is 464 g/mol. The van der Waals surface area contributed by atoms with Gasteiger partial charge in [0.15, 0.2) is 0 Å². The lowest BCUT2D eigenvalue weighted by molar-refractivity contribution is 0.0947. The molecule has 2 N–H and O–H groups in total. The van der Waals surface area contributed by atoms with Crippen LogP contribution >= 0.6 is 0 Å². The number of rotatable bonds is 9. The molecule has 0 unspecified atom stereocenters. The molecule has 0 spiro atoms. The number of piperidine rings is 1. The fourth-order valence-corrected chi connectivity index (χ4v) is 5.56. The molecule has 7 heteroatoms. The third kappa shape index (κ3) is 6.73. The highest BCUT2D eigenvalue weighted by Crippen LogP contribution is 2.30. The molecular formula is C30H38N4O3. The third-order valence-electron chi connectivity index (χ3n) is 7.68. The SMILES string of the molecule is O=C(NCCN1CCCC1)c1ccccc1C1CCN(CCN2C=COC(c3cccc(O)c3)=C2)CC1. The van der Waals surface area contributed by atoms with Crippen molar-refractivity contribution in [2.45, 2.75) is 31.6 Å². The second-order valence-corrected chi connectivity index (χ2v) is 10.2. The average molecular weight is 503 g/mol. The first-order chi connectivity index (χ1) is 18.2.